The first-order chi connectivity index (χ1) is 9.50. The lowest BCUT2D eigenvalue weighted by Crippen LogP contribution is -2.46. The molecule has 6 heteroatoms. The predicted molar refractivity (Wildman–Crippen MR) is 70.3 cm³/mol. The van der Waals surface area contributed by atoms with Crippen molar-refractivity contribution in [3.8, 4) is 0 Å². The number of piperazine rings is 1. The number of nitrogens with zero attached hydrogens (tertiary/aromatic N) is 2. The maximum Gasteiger partial charge on any atom is 0.416 e. The van der Waals surface area contributed by atoms with Crippen molar-refractivity contribution in [2.75, 3.05) is 44.2 Å². The van der Waals surface area contributed by atoms with Crippen LogP contribution in [-0.2, 0) is 11.3 Å². The van der Waals surface area contributed by atoms with E-state index in [1.165, 1.54) is 12.1 Å². The third-order valence-electron chi connectivity index (χ3n) is 3.53. The van der Waals surface area contributed by atoms with Gasteiger partial charge in [0.2, 0.25) is 0 Å². The number of alkyl halides is 3. The van der Waals surface area contributed by atoms with Gasteiger partial charge in [0.15, 0.2) is 0 Å². The Kier molecular flexibility index (Phi) is 4.88. The smallest absolute Gasteiger partial charge is 0.369 e. The molecule has 2 rings (SSSR count). The van der Waals surface area contributed by atoms with Crippen molar-refractivity contribution in [2.24, 2.45) is 0 Å². The fraction of sp³-hybridized carbons (Fsp3) is 0.571. The van der Waals surface area contributed by atoms with Crippen LogP contribution in [0.1, 0.15) is 12.0 Å². The molecule has 111 valence electrons. The number of anilines is 1. The van der Waals surface area contributed by atoms with Crippen molar-refractivity contribution in [3.05, 3.63) is 29.8 Å². The highest BCUT2D eigenvalue weighted by molar-refractivity contribution is 5.49. The van der Waals surface area contributed by atoms with Gasteiger partial charge in [0.25, 0.3) is 0 Å². The van der Waals surface area contributed by atoms with Crippen molar-refractivity contribution in [2.45, 2.75) is 12.6 Å². The zero-order valence-electron chi connectivity index (χ0n) is 11.2. The van der Waals surface area contributed by atoms with Crippen LogP contribution in [0.4, 0.5) is 18.9 Å². The average molecular weight is 287 g/mol. The zero-order chi connectivity index (χ0) is 14.6. The molecule has 0 amide bonds. The van der Waals surface area contributed by atoms with Crippen LogP contribution in [0.3, 0.4) is 0 Å². The molecule has 0 atom stereocenters. The fourth-order valence-electron chi connectivity index (χ4n) is 2.40. The second-order valence-electron chi connectivity index (χ2n) is 4.93. The third-order valence-corrected chi connectivity index (χ3v) is 3.53. The Balaban J connectivity index is 1.97. The molecule has 1 fully saturated rings. The van der Waals surface area contributed by atoms with Crippen LogP contribution in [0.2, 0.25) is 0 Å². The highest BCUT2D eigenvalue weighted by Gasteiger charge is 2.31. The SMILES string of the molecule is [O]CCCN1CCN(c2cccc(C(F)(F)F)c2)CC1. The van der Waals surface area contributed by atoms with Crippen LogP contribution >= 0.6 is 0 Å². The van der Waals surface area contributed by atoms with Gasteiger partial charge in [-0.15, -0.1) is 0 Å². The van der Waals surface area contributed by atoms with Crippen LogP contribution in [0, 0.1) is 0 Å². The van der Waals surface area contributed by atoms with Crippen LogP contribution in [0.5, 0.6) is 0 Å². The summed E-state index contributed by atoms with van der Waals surface area (Å²) in [5, 5.41) is 10.4. The molecule has 3 nitrogen and oxygen atoms in total. The molecule has 1 radical (unpaired) electrons. The lowest BCUT2D eigenvalue weighted by molar-refractivity contribution is -0.137. The molecule has 1 heterocycles. The van der Waals surface area contributed by atoms with E-state index in [2.05, 4.69) is 4.90 Å². The molecule has 0 aromatic heterocycles. The molecule has 1 aliphatic heterocycles. The monoisotopic (exact) mass is 287 g/mol. The minimum absolute atomic E-state index is 0.0756. The molecule has 1 aliphatic rings. The first-order valence-corrected chi connectivity index (χ1v) is 6.73. The molecule has 0 spiro atoms. The van der Waals surface area contributed by atoms with E-state index in [-0.39, 0.29) is 6.61 Å². The molecule has 0 aliphatic carbocycles. The molecule has 20 heavy (non-hydrogen) atoms. The van der Waals surface area contributed by atoms with Crippen molar-refractivity contribution >= 4 is 5.69 Å². The Labute approximate surface area is 116 Å². The van der Waals surface area contributed by atoms with Crippen molar-refractivity contribution < 1.29 is 18.3 Å². The molecule has 1 aromatic carbocycles. The van der Waals surface area contributed by atoms with E-state index < -0.39 is 11.7 Å². The van der Waals surface area contributed by atoms with E-state index in [1.807, 2.05) is 4.90 Å². The zero-order valence-corrected chi connectivity index (χ0v) is 11.2. The number of hydrogen-bond acceptors (Lipinski definition) is 2. The molecular weight excluding hydrogens is 269 g/mol. The minimum Gasteiger partial charge on any atom is -0.369 e. The van der Waals surface area contributed by atoms with Gasteiger partial charge in [-0.25, -0.2) is 5.11 Å². The summed E-state index contributed by atoms with van der Waals surface area (Å²) >= 11 is 0. The summed E-state index contributed by atoms with van der Waals surface area (Å²) in [4.78, 5) is 4.14. The quantitative estimate of drug-likeness (QED) is 0.851. The molecule has 1 saturated heterocycles. The summed E-state index contributed by atoms with van der Waals surface area (Å²) in [5.41, 5.74) is 0.00656. The van der Waals surface area contributed by atoms with E-state index in [0.29, 0.717) is 25.2 Å². The van der Waals surface area contributed by atoms with E-state index in [9.17, 15) is 18.3 Å². The second kappa shape index (κ2) is 6.45. The maximum atomic E-state index is 12.7. The molecule has 0 saturated carbocycles. The van der Waals surface area contributed by atoms with Crippen molar-refractivity contribution in [3.63, 3.8) is 0 Å². The average Bonchev–Trinajstić information content (AvgIpc) is 2.45. The standard InChI is InChI=1S/C14H18F3N2O/c15-14(16,17)12-3-1-4-13(11-12)19-8-6-18(7-9-19)5-2-10-20/h1,3-4,11H,2,5-10H2. The highest BCUT2D eigenvalue weighted by Crippen LogP contribution is 2.31. The van der Waals surface area contributed by atoms with Gasteiger partial charge >= 0.3 is 6.18 Å². The molecular formula is C14H18F3N2O. The summed E-state index contributed by atoms with van der Waals surface area (Å²) in [6.07, 6.45) is -3.67. The lowest BCUT2D eigenvalue weighted by Gasteiger charge is -2.36. The van der Waals surface area contributed by atoms with Crippen LogP contribution in [0.15, 0.2) is 24.3 Å². The van der Waals surface area contributed by atoms with Gasteiger partial charge in [0.1, 0.15) is 0 Å². The summed E-state index contributed by atoms with van der Waals surface area (Å²) in [6, 6.07) is 5.45. The molecule has 0 bridgehead atoms. The number of rotatable bonds is 4. The second-order valence-corrected chi connectivity index (χ2v) is 4.93. The highest BCUT2D eigenvalue weighted by atomic mass is 19.4. The van der Waals surface area contributed by atoms with E-state index >= 15 is 0 Å². The predicted octanol–water partition coefficient (Wildman–Crippen LogP) is 2.65. The lowest BCUT2D eigenvalue weighted by atomic mass is 10.1. The summed E-state index contributed by atoms with van der Waals surface area (Å²) in [7, 11) is 0. The van der Waals surface area contributed by atoms with Crippen molar-refractivity contribution in [1.82, 2.24) is 4.90 Å². The minimum atomic E-state index is -4.30. The van der Waals surface area contributed by atoms with Crippen LogP contribution in [-0.4, -0.2) is 44.2 Å². The van der Waals surface area contributed by atoms with E-state index in [0.717, 1.165) is 25.7 Å². The van der Waals surface area contributed by atoms with Crippen molar-refractivity contribution in [1.29, 1.82) is 0 Å². The summed E-state index contributed by atoms with van der Waals surface area (Å²) < 4.78 is 38.0. The van der Waals surface area contributed by atoms with E-state index in [1.54, 1.807) is 6.07 Å². The van der Waals surface area contributed by atoms with Gasteiger partial charge in [-0.1, -0.05) is 6.07 Å². The van der Waals surface area contributed by atoms with Gasteiger partial charge in [-0.05, 0) is 24.6 Å². The Morgan fingerprint density at radius 3 is 2.40 bits per heavy atom. The Bertz CT molecular complexity index is 429. The number of hydrogen-bond donors (Lipinski definition) is 0. The number of benzene rings is 1. The molecule has 0 N–H and O–H groups in total. The maximum absolute atomic E-state index is 12.7. The number of halogens is 3. The Hall–Kier alpha value is -1.27. The fourth-order valence-corrected chi connectivity index (χ4v) is 2.40. The van der Waals surface area contributed by atoms with Gasteiger partial charge in [-0.2, -0.15) is 13.2 Å². The van der Waals surface area contributed by atoms with Crippen LogP contribution < -0.4 is 4.90 Å². The largest absolute Gasteiger partial charge is 0.416 e. The summed E-state index contributed by atoms with van der Waals surface area (Å²) in [6.45, 7) is 3.67. The van der Waals surface area contributed by atoms with Gasteiger partial charge < -0.3 is 4.90 Å². The van der Waals surface area contributed by atoms with Gasteiger partial charge in [-0.3, -0.25) is 4.90 Å². The van der Waals surface area contributed by atoms with E-state index in [4.69, 9.17) is 0 Å². The molecule has 0 unspecified atom stereocenters. The van der Waals surface area contributed by atoms with Gasteiger partial charge in [0.05, 0.1) is 12.2 Å². The Morgan fingerprint density at radius 1 is 1.10 bits per heavy atom. The summed E-state index contributed by atoms with van der Waals surface area (Å²) in [5.74, 6) is 0. The molecule has 1 aromatic rings. The first kappa shape index (κ1) is 15.1. The van der Waals surface area contributed by atoms with Gasteiger partial charge in [0, 0.05) is 38.4 Å². The topological polar surface area (TPSA) is 26.4 Å². The first-order valence-electron chi connectivity index (χ1n) is 6.73. The van der Waals surface area contributed by atoms with Crippen LogP contribution in [0.25, 0.3) is 0 Å². The Morgan fingerprint density at radius 2 is 1.80 bits per heavy atom. The third kappa shape index (κ3) is 3.86. The normalized spacial score (nSPS) is 17.5.